The van der Waals surface area contributed by atoms with E-state index in [1.807, 2.05) is 38.1 Å². The van der Waals surface area contributed by atoms with Gasteiger partial charge in [-0.2, -0.15) is 0 Å². The molecule has 0 bridgehead atoms. The highest BCUT2D eigenvalue weighted by Crippen LogP contribution is 2.42. The number of amides is 1. The zero-order valence-corrected chi connectivity index (χ0v) is 14.2. The second-order valence-corrected chi connectivity index (χ2v) is 6.91. The average molecular weight is 331 g/mol. The highest BCUT2D eigenvalue weighted by atomic mass is 35.5. The molecule has 1 aliphatic rings. The van der Waals surface area contributed by atoms with Crippen molar-refractivity contribution in [1.82, 2.24) is 5.32 Å². The van der Waals surface area contributed by atoms with Gasteiger partial charge in [0, 0.05) is 17.1 Å². The first-order valence-corrected chi connectivity index (χ1v) is 7.55. The lowest BCUT2D eigenvalue weighted by Gasteiger charge is -2.30. The molecule has 21 heavy (non-hydrogen) atoms. The van der Waals surface area contributed by atoms with Crippen LogP contribution in [-0.4, -0.2) is 18.0 Å². The second kappa shape index (κ2) is 6.99. The summed E-state index contributed by atoms with van der Waals surface area (Å²) in [4.78, 5) is 12.7. The normalized spacial score (nSPS) is 17.1. The molecule has 0 aromatic heterocycles. The molecule has 1 aromatic carbocycles. The van der Waals surface area contributed by atoms with Crippen molar-refractivity contribution >= 4 is 29.9 Å². The van der Waals surface area contributed by atoms with Gasteiger partial charge in [0.05, 0.1) is 5.41 Å². The summed E-state index contributed by atoms with van der Waals surface area (Å²) in [6, 6.07) is 7.68. The van der Waals surface area contributed by atoms with Gasteiger partial charge < -0.3 is 11.1 Å². The number of carbonyl (C=O) groups excluding carboxylic acids is 1. The molecule has 0 heterocycles. The first kappa shape index (κ1) is 18.3. The van der Waals surface area contributed by atoms with Crippen LogP contribution in [0.5, 0.6) is 0 Å². The van der Waals surface area contributed by atoms with Crippen LogP contribution in [0, 0.1) is 0 Å². The molecule has 0 radical (unpaired) electrons. The van der Waals surface area contributed by atoms with Crippen molar-refractivity contribution in [2.24, 2.45) is 5.73 Å². The maximum Gasteiger partial charge on any atom is 0.230 e. The maximum atomic E-state index is 12.7. The van der Waals surface area contributed by atoms with E-state index in [-0.39, 0.29) is 18.3 Å². The minimum atomic E-state index is -0.434. The number of rotatable bonds is 4. The maximum absolute atomic E-state index is 12.7. The van der Waals surface area contributed by atoms with Crippen molar-refractivity contribution in [3.63, 3.8) is 0 Å². The third-order valence-corrected chi connectivity index (χ3v) is 4.21. The van der Waals surface area contributed by atoms with Gasteiger partial charge in [0.15, 0.2) is 0 Å². The van der Waals surface area contributed by atoms with E-state index < -0.39 is 11.0 Å². The molecule has 0 saturated heterocycles. The number of nitrogens with one attached hydrogen (secondary N) is 1. The fourth-order valence-corrected chi connectivity index (χ4v) is 3.08. The molecule has 1 amide bonds. The zero-order chi connectivity index (χ0) is 14.8. The fourth-order valence-electron chi connectivity index (χ4n) is 2.89. The summed E-state index contributed by atoms with van der Waals surface area (Å²) in [6.07, 6.45) is 3.91. The van der Waals surface area contributed by atoms with E-state index in [2.05, 4.69) is 5.32 Å². The minimum Gasteiger partial charge on any atom is -0.354 e. The SMILES string of the molecule is CC(C)(N)CNC(=O)C1(c2cccc(Cl)c2)CCCC1.Cl. The molecule has 1 fully saturated rings. The van der Waals surface area contributed by atoms with Crippen LogP contribution in [0.1, 0.15) is 45.1 Å². The van der Waals surface area contributed by atoms with E-state index in [9.17, 15) is 4.79 Å². The number of carbonyl (C=O) groups is 1. The van der Waals surface area contributed by atoms with Gasteiger partial charge in [0.1, 0.15) is 0 Å². The van der Waals surface area contributed by atoms with Gasteiger partial charge in [0.25, 0.3) is 0 Å². The third kappa shape index (κ3) is 4.35. The predicted molar refractivity (Wildman–Crippen MR) is 90.1 cm³/mol. The molecule has 0 unspecified atom stereocenters. The molecule has 2 rings (SSSR count). The van der Waals surface area contributed by atoms with Gasteiger partial charge in [0.2, 0.25) is 5.91 Å². The molecular weight excluding hydrogens is 307 g/mol. The summed E-state index contributed by atoms with van der Waals surface area (Å²) in [5, 5.41) is 3.70. The molecule has 1 saturated carbocycles. The van der Waals surface area contributed by atoms with E-state index in [0.717, 1.165) is 31.2 Å². The van der Waals surface area contributed by atoms with Crippen LogP contribution in [0.3, 0.4) is 0 Å². The standard InChI is InChI=1S/C16H23ClN2O.ClH/c1-15(2,18)11-19-14(20)16(8-3-4-9-16)12-6-5-7-13(17)10-12;/h5-7,10H,3-4,8-9,11,18H2,1-2H3,(H,19,20);1H. The first-order valence-electron chi connectivity index (χ1n) is 7.17. The second-order valence-electron chi connectivity index (χ2n) is 6.47. The Labute approximate surface area is 138 Å². The van der Waals surface area contributed by atoms with Gasteiger partial charge in [-0.15, -0.1) is 12.4 Å². The lowest BCUT2D eigenvalue weighted by atomic mass is 9.78. The van der Waals surface area contributed by atoms with Crippen molar-refractivity contribution in [2.45, 2.75) is 50.5 Å². The van der Waals surface area contributed by atoms with Crippen molar-refractivity contribution in [3.05, 3.63) is 34.9 Å². The monoisotopic (exact) mass is 330 g/mol. The lowest BCUT2D eigenvalue weighted by molar-refractivity contribution is -0.126. The molecular formula is C16H24Cl2N2O. The van der Waals surface area contributed by atoms with Crippen LogP contribution in [0.15, 0.2) is 24.3 Å². The molecule has 0 spiro atoms. The smallest absolute Gasteiger partial charge is 0.230 e. The molecule has 1 aliphatic carbocycles. The molecule has 3 N–H and O–H groups in total. The van der Waals surface area contributed by atoms with Crippen LogP contribution < -0.4 is 11.1 Å². The van der Waals surface area contributed by atoms with Crippen molar-refractivity contribution in [1.29, 1.82) is 0 Å². The summed E-state index contributed by atoms with van der Waals surface area (Å²) >= 11 is 6.09. The quantitative estimate of drug-likeness (QED) is 0.888. The van der Waals surface area contributed by atoms with Gasteiger partial charge >= 0.3 is 0 Å². The highest BCUT2D eigenvalue weighted by molar-refractivity contribution is 6.30. The van der Waals surface area contributed by atoms with Crippen LogP contribution in [0.2, 0.25) is 5.02 Å². The number of halogens is 2. The Morgan fingerprint density at radius 3 is 2.52 bits per heavy atom. The van der Waals surface area contributed by atoms with Crippen LogP contribution in [0.4, 0.5) is 0 Å². The van der Waals surface area contributed by atoms with Gasteiger partial charge in [-0.1, -0.05) is 36.6 Å². The van der Waals surface area contributed by atoms with Crippen LogP contribution in [-0.2, 0) is 10.2 Å². The van der Waals surface area contributed by atoms with Crippen molar-refractivity contribution in [2.75, 3.05) is 6.54 Å². The topological polar surface area (TPSA) is 55.1 Å². The predicted octanol–water partition coefficient (Wildman–Crippen LogP) is 3.43. The first-order chi connectivity index (χ1) is 9.33. The molecule has 0 aliphatic heterocycles. The molecule has 3 nitrogen and oxygen atoms in total. The third-order valence-electron chi connectivity index (χ3n) is 3.97. The zero-order valence-electron chi connectivity index (χ0n) is 12.6. The van der Waals surface area contributed by atoms with Gasteiger partial charge in [-0.25, -0.2) is 0 Å². The van der Waals surface area contributed by atoms with Crippen molar-refractivity contribution < 1.29 is 4.79 Å². The summed E-state index contributed by atoms with van der Waals surface area (Å²) < 4.78 is 0. The van der Waals surface area contributed by atoms with E-state index >= 15 is 0 Å². The highest BCUT2D eigenvalue weighted by Gasteiger charge is 2.42. The summed E-state index contributed by atoms with van der Waals surface area (Å²) in [6.45, 7) is 4.30. The molecule has 118 valence electrons. The minimum absolute atomic E-state index is 0. The number of benzene rings is 1. The Balaban J connectivity index is 0.00000220. The molecule has 1 aromatic rings. The Hall–Kier alpha value is -0.770. The van der Waals surface area contributed by atoms with E-state index in [1.54, 1.807) is 0 Å². The lowest BCUT2D eigenvalue weighted by Crippen LogP contribution is -2.50. The van der Waals surface area contributed by atoms with Gasteiger partial charge in [-0.05, 0) is 44.4 Å². The van der Waals surface area contributed by atoms with E-state index in [4.69, 9.17) is 17.3 Å². The number of nitrogens with two attached hydrogens (primary N) is 1. The molecule has 5 heteroatoms. The Kier molecular flexibility index (Phi) is 6.09. The number of hydrogen-bond acceptors (Lipinski definition) is 2. The Bertz CT molecular complexity index is 491. The van der Waals surface area contributed by atoms with E-state index in [0.29, 0.717) is 11.6 Å². The van der Waals surface area contributed by atoms with Crippen LogP contribution >= 0.6 is 24.0 Å². The Morgan fingerprint density at radius 1 is 1.38 bits per heavy atom. The summed E-state index contributed by atoms with van der Waals surface area (Å²) in [5.41, 5.74) is 6.14. The largest absolute Gasteiger partial charge is 0.354 e. The van der Waals surface area contributed by atoms with Crippen LogP contribution in [0.25, 0.3) is 0 Å². The molecule has 0 atom stereocenters. The summed E-state index contributed by atoms with van der Waals surface area (Å²) in [7, 11) is 0. The fraction of sp³-hybridized carbons (Fsp3) is 0.562. The van der Waals surface area contributed by atoms with Gasteiger partial charge in [-0.3, -0.25) is 4.79 Å². The Morgan fingerprint density at radius 2 is 2.00 bits per heavy atom. The summed E-state index contributed by atoms with van der Waals surface area (Å²) in [5.74, 6) is 0.0794. The number of hydrogen-bond donors (Lipinski definition) is 2. The average Bonchev–Trinajstić information content (AvgIpc) is 2.85. The van der Waals surface area contributed by atoms with Crippen molar-refractivity contribution in [3.8, 4) is 0 Å². The van der Waals surface area contributed by atoms with E-state index in [1.165, 1.54) is 0 Å².